The molecule has 0 aromatic heterocycles. The lowest BCUT2D eigenvalue weighted by molar-refractivity contribution is -0.152. The Hall–Kier alpha value is -0.820. The van der Waals surface area contributed by atoms with Gasteiger partial charge in [0.15, 0.2) is 0 Å². The van der Waals surface area contributed by atoms with Crippen LogP contribution in [0.1, 0.15) is 13.8 Å². The van der Waals surface area contributed by atoms with Crippen LogP contribution >= 0.6 is 0 Å². The Balaban J connectivity index is 4.43. The van der Waals surface area contributed by atoms with E-state index >= 15 is 0 Å². The molecule has 102 valence electrons. The number of likely N-dealkylation sites (N-methyl/N-ethyl adjacent to an activating group) is 2. The maximum Gasteiger partial charge on any atom is 0.401 e. The van der Waals surface area contributed by atoms with E-state index in [4.69, 9.17) is 0 Å². The fraction of sp³-hybridized carbons (Fsp3) is 0.900. The van der Waals surface area contributed by atoms with Crippen molar-refractivity contribution in [3.05, 3.63) is 0 Å². The average Bonchev–Trinajstić information content (AvgIpc) is 2.24. The van der Waals surface area contributed by atoms with E-state index in [0.29, 0.717) is 6.54 Å². The number of halogens is 3. The van der Waals surface area contributed by atoms with Crippen LogP contribution in [-0.2, 0) is 9.53 Å². The Morgan fingerprint density at radius 1 is 1.41 bits per heavy atom. The third kappa shape index (κ3) is 7.17. The van der Waals surface area contributed by atoms with Crippen LogP contribution in [0.2, 0.25) is 0 Å². The van der Waals surface area contributed by atoms with Crippen LogP contribution in [0, 0.1) is 0 Å². The first-order valence-electron chi connectivity index (χ1n) is 5.44. The molecule has 0 aromatic rings. The third-order valence-corrected chi connectivity index (χ3v) is 2.23. The highest BCUT2D eigenvalue weighted by molar-refractivity contribution is 5.75. The molecule has 0 rings (SSSR count). The summed E-state index contributed by atoms with van der Waals surface area (Å²) in [4.78, 5) is 12.5. The molecule has 1 N–H and O–H groups in total. The zero-order valence-corrected chi connectivity index (χ0v) is 10.3. The van der Waals surface area contributed by atoms with Crippen molar-refractivity contribution in [2.24, 2.45) is 0 Å². The number of esters is 1. The topological polar surface area (TPSA) is 41.6 Å². The molecule has 4 nitrogen and oxygen atoms in total. The van der Waals surface area contributed by atoms with Crippen molar-refractivity contribution in [2.75, 3.05) is 33.3 Å². The molecule has 0 aromatic carbocycles. The van der Waals surface area contributed by atoms with Crippen molar-refractivity contribution in [3.8, 4) is 0 Å². The predicted octanol–water partition coefficient (Wildman–Crippen LogP) is 1.02. The van der Waals surface area contributed by atoms with Gasteiger partial charge in [-0.05, 0) is 13.1 Å². The first-order chi connectivity index (χ1) is 7.84. The number of ether oxygens (including phenoxy) is 1. The Morgan fingerprint density at radius 3 is 2.35 bits per heavy atom. The van der Waals surface area contributed by atoms with Gasteiger partial charge in [-0.25, -0.2) is 0 Å². The highest BCUT2D eigenvalue weighted by atomic mass is 19.4. The number of nitrogens with one attached hydrogen (secondary N) is 1. The standard InChI is InChI=1S/C10H19F3N2O2/c1-4-14-8(9(16)17-3)6-15(5-2)7-10(11,12)13/h8,14H,4-7H2,1-3H3. The molecule has 0 heterocycles. The van der Waals surface area contributed by atoms with Gasteiger partial charge in [0, 0.05) is 6.54 Å². The largest absolute Gasteiger partial charge is 0.468 e. The molecule has 0 aliphatic rings. The van der Waals surface area contributed by atoms with Crippen molar-refractivity contribution in [3.63, 3.8) is 0 Å². The van der Waals surface area contributed by atoms with Crippen LogP contribution in [0.3, 0.4) is 0 Å². The summed E-state index contributed by atoms with van der Waals surface area (Å²) in [5.41, 5.74) is 0. The van der Waals surface area contributed by atoms with E-state index in [0.717, 1.165) is 4.90 Å². The van der Waals surface area contributed by atoms with Gasteiger partial charge in [0.25, 0.3) is 0 Å². The number of carbonyl (C=O) groups is 1. The first kappa shape index (κ1) is 16.2. The lowest BCUT2D eigenvalue weighted by atomic mass is 10.2. The minimum absolute atomic E-state index is 0.0173. The minimum atomic E-state index is -4.26. The molecular weight excluding hydrogens is 237 g/mol. The van der Waals surface area contributed by atoms with Crippen molar-refractivity contribution in [2.45, 2.75) is 26.1 Å². The van der Waals surface area contributed by atoms with Crippen LogP contribution in [0.5, 0.6) is 0 Å². The minimum Gasteiger partial charge on any atom is -0.468 e. The highest BCUT2D eigenvalue weighted by Crippen LogP contribution is 2.16. The number of hydrogen-bond acceptors (Lipinski definition) is 4. The van der Waals surface area contributed by atoms with Crippen LogP contribution in [0.15, 0.2) is 0 Å². The van der Waals surface area contributed by atoms with Gasteiger partial charge < -0.3 is 10.1 Å². The van der Waals surface area contributed by atoms with Gasteiger partial charge in [0.1, 0.15) is 6.04 Å². The van der Waals surface area contributed by atoms with Gasteiger partial charge in [-0.1, -0.05) is 13.8 Å². The van der Waals surface area contributed by atoms with E-state index < -0.39 is 24.7 Å². The smallest absolute Gasteiger partial charge is 0.401 e. The quantitative estimate of drug-likeness (QED) is 0.691. The van der Waals surface area contributed by atoms with Crippen molar-refractivity contribution in [1.29, 1.82) is 0 Å². The number of nitrogens with zero attached hydrogens (tertiary/aromatic N) is 1. The molecule has 0 saturated carbocycles. The molecule has 0 amide bonds. The van der Waals surface area contributed by atoms with Gasteiger partial charge in [-0.15, -0.1) is 0 Å². The predicted molar refractivity (Wildman–Crippen MR) is 57.6 cm³/mol. The molecule has 0 aliphatic carbocycles. The summed E-state index contributed by atoms with van der Waals surface area (Å²) in [5.74, 6) is -0.549. The zero-order chi connectivity index (χ0) is 13.5. The van der Waals surface area contributed by atoms with Crippen LogP contribution < -0.4 is 5.32 Å². The molecule has 0 bridgehead atoms. The van der Waals surface area contributed by atoms with Crippen molar-refractivity contribution < 1.29 is 22.7 Å². The second kappa shape index (κ2) is 7.50. The summed E-state index contributed by atoms with van der Waals surface area (Å²) >= 11 is 0. The maximum absolute atomic E-state index is 12.2. The summed E-state index contributed by atoms with van der Waals surface area (Å²) in [6, 6.07) is -0.729. The average molecular weight is 256 g/mol. The molecular formula is C10H19F3N2O2. The van der Waals surface area contributed by atoms with Crippen molar-refractivity contribution >= 4 is 5.97 Å². The number of alkyl halides is 3. The number of methoxy groups -OCH3 is 1. The number of hydrogen-bond donors (Lipinski definition) is 1. The highest BCUT2D eigenvalue weighted by Gasteiger charge is 2.32. The van der Waals surface area contributed by atoms with E-state index in [2.05, 4.69) is 10.1 Å². The molecule has 0 spiro atoms. The maximum atomic E-state index is 12.2. The third-order valence-electron chi connectivity index (χ3n) is 2.23. The van der Waals surface area contributed by atoms with Gasteiger partial charge in [0.2, 0.25) is 0 Å². The second-order valence-corrected chi connectivity index (χ2v) is 3.58. The lowest BCUT2D eigenvalue weighted by Gasteiger charge is -2.26. The van der Waals surface area contributed by atoms with E-state index in [1.165, 1.54) is 7.11 Å². The van der Waals surface area contributed by atoms with E-state index in [9.17, 15) is 18.0 Å². The molecule has 1 unspecified atom stereocenters. The Labute approximate surface area is 99.1 Å². The Kier molecular flexibility index (Phi) is 7.13. The second-order valence-electron chi connectivity index (χ2n) is 3.58. The van der Waals surface area contributed by atoms with E-state index in [-0.39, 0.29) is 13.1 Å². The fourth-order valence-electron chi connectivity index (χ4n) is 1.43. The molecule has 0 aliphatic heterocycles. The first-order valence-corrected chi connectivity index (χ1v) is 5.44. The molecule has 7 heteroatoms. The molecule has 1 atom stereocenters. The number of carbonyl (C=O) groups excluding carboxylic acids is 1. The van der Waals surface area contributed by atoms with Crippen molar-refractivity contribution in [1.82, 2.24) is 10.2 Å². The van der Waals surface area contributed by atoms with Gasteiger partial charge in [-0.3, -0.25) is 9.69 Å². The van der Waals surface area contributed by atoms with E-state index in [1.54, 1.807) is 13.8 Å². The van der Waals surface area contributed by atoms with Gasteiger partial charge in [0.05, 0.1) is 13.7 Å². The Morgan fingerprint density at radius 2 is 2.00 bits per heavy atom. The molecule has 0 fully saturated rings. The van der Waals surface area contributed by atoms with Gasteiger partial charge >= 0.3 is 12.1 Å². The SMILES string of the molecule is CCNC(CN(CC)CC(F)(F)F)C(=O)OC. The van der Waals surface area contributed by atoms with Crippen LogP contribution in [-0.4, -0.2) is 56.4 Å². The molecule has 17 heavy (non-hydrogen) atoms. The monoisotopic (exact) mass is 256 g/mol. The zero-order valence-electron chi connectivity index (χ0n) is 10.3. The molecule has 0 radical (unpaired) electrons. The van der Waals surface area contributed by atoms with Crippen LogP contribution in [0.25, 0.3) is 0 Å². The van der Waals surface area contributed by atoms with E-state index in [1.807, 2.05) is 0 Å². The van der Waals surface area contributed by atoms with Gasteiger partial charge in [-0.2, -0.15) is 13.2 Å². The fourth-order valence-corrected chi connectivity index (χ4v) is 1.43. The van der Waals surface area contributed by atoms with Crippen LogP contribution in [0.4, 0.5) is 13.2 Å². The summed E-state index contributed by atoms with van der Waals surface area (Å²) < 4.78 is 41.2. The Bertz CT molecular complexity index is 234. The summed E-state index contributed by atoms with van der Waals surface area (Å²) in [7, 11) is 1.21. The summed E-state index contributed by atoms with van der Waals surface area (Å²) in [6.07, 6.45) is -4.26. The normalized spacial score (nSPS) is 13.8. The summed E-state index contributed by atoms with van der Waals surface area (Å²) in [6.45, 7) is 3.06. The molecule has 0 saturated heterocycles. The summed E-state index contributed by atoms with van der Waals surface area (Å²) in [5, 5.41) is 2.80. The number of rotatable bonds is 7. The lowest BCUT2D eigenvalue weighted by Crippen LogP contribution is -2.48.